The van der Waals surface area contributed by atoms with Crippen LogP contribution in [0, 0.1) is 13.8 Å². The fourth-order valence-corrected chi connectivity index (χ4v) is 4.64. The lowest BCUT2D eigenvalue weighted by atomic mass is 10.2. The van der Waals surface area contributed by atoms with E-state index in [1.165, 1.54) is 17.0 Å². The van der Waals surface area contributed by atoms with Crippen molar-refractivity contribution in [2.75, 3.05) is 31.1 Å². The van der Waals surface area contributed by atoms with Crippen molar-refractivity contribution in [1.82, 2.24) is 14.7 Å². The number of rotatable bonds is 3. The average Bonchev–Trinajstić information content (AvgIpc) is 3.25. The molecule has 0 unspecified atom stereocenters. The Morgan fingerprint density at radius 2 is 1.74 bits per heavy atom. The molecule has 5 nitrogen and oxygen atoms in total. The summed E-state index contributed by atoms with van der Waals surface area (Å²) in [4.78, 5) is 17.6. The molecule has 140 valence electrons. The molecule has 3 heterocycles. The lowest BCUT2D eigenvalue weighted by molar-refractivity contribution is 0.0751. The number of amides is 1. The maximum absolute atomic E-state index is 12.6. The summed E-state index contributed by atoms with van der Waals surface area (Å²) in [5.41, 5.74) is 4.38. The van der Waals surface area contributed by atoms with Gasteiger partial charge < -0.3 is 9.80 Å². The predicted molar refractivity (Wildman–Crippen MR) is 110 cm³/mol. The van der Waals surface area contributed by atoms with Gasteiger partial charge in [0.05, 0.1) is 32.0 Å². The lowest BCUT2D eigenvalue weighted by Crippen LogP contribution is -2.49. The summed E-state index contributed by atoms with van der Waals surface area (Å²) < 4.78 is 2.65. The predicted octanol–water partition coefficient (Wildman–Crippen LogP) is 4.17. The number of aromatic nitrogens is 2. The summed E-state index contributed by atoms with van der Waals surface area (Å²) in [7, 11) is 0. The van der Waals surface area contributed by atoms with E-state index in [1.54, 1.807) is 12.1 Å². The molecule has 27 heavy (non-hydrogen) atoms. The van der Waals surface area contributed by atoms with Crippen LogP contribution in [-0.2, 0) is 0 Å². The number of carbonyl (C=O) groups excluding carboxylic acids is 1. The Bertz CT molecular complexity index is 958. The molecule has 0 spiro atoms. The van der Waals surface area contributed by atoms with Gasteiger partial charge in [0.2, 0.25) is 0 Å². The number of para-hydroxylation sites is 1. The molecule has 0 N–H and O–H groups in total. The van der Waals surface area contributed by atoms with Crippen LogP contribution in [0.2, 0.25) is 4.34 Å². The van der Waals surface area contributed by atoms with Crippen molar-refractivity contribution < 1.29 is 4.79 Å². The van der Waals surface area contributed by atoms with Crippen LogP contribution in [0.5, 0.6) is 0 Å². The second-order valence-electron chi connectivity index (χ2n) is 6.65. The fraction of sp³-hybridized carbons (Fsp3) is 0.300. The molecule has 1 aliphatic heterocycles. The van der Waals surface area contributed by atoms with Crippen molar-refractivity contribution in [2.24, 2.45) is 0 Å². The quantitative estimate of drug-likeness (QED) is 0.662. The highest BCUT2D eigenvalue weighted by Gasteiger charge is 2.26. The molecule has 0 aliphatic carbocycles. The number of hydrogen-bond acceptors (Lipinski definition) is 4. The van der Waals surface area contributed by atoms with Crippen molar-refractivity contribution in [2.45, 2.75) is 13.8 Å². The van der Waals surface area contributed by atoms with Gasteiger partial charge in [0.15, 0.2) is 0 Å². The maximum atomic E-state index is 12.6. The molecule has 1 saturated heterocycles. The first-order valence-corrected chi connectivity index (χ1v) is 10.2. The summed E-state index contributed by atoms with van der Waals surface area (Å²) >= 11 is 7.30. The minimum Gasteiger partial charge on any atom is -0.365 e. The molecule has 2 aromatic heterocycles. The first-order chi connectivity index (χ1) is 13.0. The Morgan fingerprint density at radius 1 is 1.04 bits per heavy atom. The van der Waals surface area contributed by atoms with E-state index in [0.717, 1.165) is 30.2 Å². The first-order valence-electron chi connectivity index (χ1n) is 8.96. The maximum Gasteiger partial charge on any atom is 0.264 e. The molecule has 1 fully saturated rings. The Balaban J connectivity index is 1.50. The lowest BCUT2D eigenvalue weighted by Gasteiger charge is -2.36. The van der Waals surface area contributed by atoms with Crippen LogP contribution in [0.25, 0.3) is 5.69 Å². The highest BCUT2D eigenvalue weighted by Crippen LogP contribution is 2.28. The molecule has 0 bridgehead atoms. The number of benzene rings is 1. The number of anilines is 1. The van der Waals surface area contributed by atoms with Crippen molar-refractivity contribution in [3.63, 3.8) is 0 Å². The van der Waals surface area contributed by atoms with Crippen LogP contribution in [0.3, 0.4) is 0 Å². The van der Waals surface area contributed by atoms with Gasteiger partial charge in [0, 0.05) is 26.2 Å². The van der Waals surface area contributed by atoms with Gasteiger partial charge in [-0.3, -0.25) is 4.79 Å². The summed E-state index contributed by atoms with van der Waals surface area (Å²) in [6, 6.07) is 13.8. The zero-order chi connectivity index (χ0) is 19.0. The van der Waals surface area contributed by atoms with Gasteiger partial charge in [-0.1, -0.05) is 29.8 Å². The largest absolute Gasteiger partial charge is 0.365 e. The fourth-order valence-electron chi connectivity index (χ4n) is 3.63. The molecule has 0 atom stereocenters. The van der Waals surface area contributed by atoms with Crippen LogP contribution >= 0.6 is 22.9 Å². The Kier molecular flexibility index (Phi) is 4.93. The van der Waals surface area contributed by atoms with Crippen molar-refractivity contribution in [3.8, 4) is 5.69 Å². The van der Waals surface area contributed by atoms with Crippen LogP contribution in [0.15, 0.2) is 42.5 Å². The monoisotopic (exact) mass is 400 g/mol. The Labute approximate surface area is 167 Å². The highest BCUT2D eigenvalue weighted by atomic mass is 35.5. The van der Waals surface area contributed by atoms with E-state index in [-0.39, 0.29) is 5.91 Å². The number of nitrogens with zero attached hydrogens (tertiary/aromatic N) is 4. The van der Waals surface area contributed by atoms with Gasteiger partial charge in [-0.25, -0.2) is 4.68 Å². The van der Waals surface area contributed by atoms with Crippen molar-refractivity contribution >= 4 is 34.5 Å². The van der Waals surface area contributed by atoms with Gasteiger partial charge in [-0.05, 0) is 38.1 Å². The highest BCUT2D eigenvalue weighted by molar-refractivity contribution is 7.17. The SMILES string of the molecule is Cc1nn(-c2ccccc2)c(C)c1N1CCN(C(=O)c2ccc(Cl)s2)CC1. The Hall–Kier alpha value is -2.31. The van der Waals surface area contributed by atoms with E-state index in [1.807, 2.05) is 34.7 Å². The van der Waals surface area contributed by atoms with Gasteiger partial charge in [0.25, 0.3) is 5.91 Å². The number of thiophene rings is 1. The Morgan fingerprint density at radius 3 is 2.37 bits per heavy atom. The van der Waals surface area contributed by atoms with E-state index >= 15 is 0 Å². The second kappa shape index (κ2) is 7.37. The summed E-state index contributed by atoms with van der Waals surface area (Å²) in [6.45, 7) is 7.15. The minimum atomic E-state index is 0.0694. The molecule has 1 amide bonds. The van der Waals surface area contributed by atoms with Crippen LogP contribution in [0.1, 0.15) is 21.1 Å². The molecule has 7 heteroatoms. The summed E-state index contributed by atoms with van der Waals surface area (Å²) in [5.74, 6) is 0.0694. The molecular formula is C20H21ClN4OS. The molecule has 1 aliphatic rings. The molecule has 4 rings (SSSR count). The number of carbonyl (C=O) groups is 1. The summed E-state index contributed by atoms with van der Waals surface area (Å²) in [6.07, 6.45) is 0. The molecular weight excluding hydrogens is 380 g/mol. The molecule has 3 aromatic rings. The second-order valence-corrected chi connectivity index (χ2v) is 8.36. The summed E-state index contributed by atoms with van der Waals surface area (Å²) in [5, 5.41) is 4.74. The van der Waals surface area contributed by atoms with E-state index in [0.29, 0.717) is 22.3 Å². The van der Waals surface area contributed by atoms with Crippen molar-refractivity contribution in [3.05, 3.63) is 63.1 Å². The third-order valence-corrected chi connectivity index (χ3v) is 6.14. The van der Waals surface area contributed by atoms with Crippen LogP contribution in [-0.4, -0.2) is 46.8 Å². The molecule has 0 radical (unpaired) electrons. The zero-order valence-corrected chi connectivity index (χ0v) is 16.9. The van der Waals surface area contributed by atoms with Gasteiger partial charge in [-0.2, -0.15) is 5.10 Å². The average molecular weight is 401 g/mol. The van der Waals surface area contributed by atoms with Gasteiger partial charge >= 0.3 is 0 Å². The van der Waals surface area contributed by atoms with E-state index in [4.69, 9.17) is 16.7 Å². The zero-order valence-electron chi connectivity index (χ0n) is 15.4. The number of piperazine rings is 1. The van der Waals surface area contributed by atoms with Crippen LogP contribution < -0.4 is 4.90 Å². The van der Waals surface area contributed by atoms with E-state index in [9.17, 15) is 4.79 Å². The van der Waals surface area contributed by atoms with Crippen molar-refractivity contribution in [1.29, 1.82) is 0 Å². The number of hydrogen-bond donors (Lipinski definition) is 0. The van der Waals surface area contributed by atoms with E-state index in [2.05, 4.69) is 24.0 Å². The number of aryl methyl sites for hydroxylation is 1. The standard InChI is InChI=1S/C20H21ClN4OS/c1-14-19(15(2)25(22-14)16-6-4-3-5-7-16)23-10-12-24(13-11-23)20(26)17-8-9-18(21)27-17/h3-9H,10-13H2,1-2H3. The molecule has 0 saturated carbocycles. The third-order valence-electron chi connectivity index (χ3n) is 4.92. The number of halogens is 1. The smallest absolute Gasteiger partial charge is 0.264 e. The van der Waals surface area contributed by atoms with Crippen LogP contribution in [0.4, 0.5) is 5.69 Å². The molecule has 1 aromatic carbocycles. The third kappa shape index (κ3) is 3.47. The normalized spacial score (nSPS) is 14.6. The van der Waals surface area contributed by atoms with Gasteiger partial charge in [0.1, 0.15) is 0 Å². The minimum absolute atomic E-state index is 0.0694. The van der Waals surface area contributed by atoms with Gasteiger partial charge in [-0.15, -0.1) is 11.3 Å². The first kappa shape index (κ1) is 18.1. The van der Waals surface area contributed by atoms with E-state index < -0.39 is 0 Å². The topological polar surface area (TPSA) is 41.4 Å².